The van der Waals surface area contributed by atoms with E-state index in [4.69, 9.17) is 11.6 Å². The second-order valence-electron chi connectivity index (χ2n) is 3.78. The molecular weight excluding hydrogens is 240 g/mol. The number of amides is 1. The molecule has 0 bridgehead atoms. The number of aryl methyl sites for hydroxylation is 2. The van der Waals surface area contributed by atoms with Crippen LogP contribution in [0.3, 0.4) is 0 Å². The summed E-state index contributed by atoms with van der Waals surface area (Å²) in [5.74, 6) is 0.0674. The Kier molecular flexibility index (Phi) is 5.28. The van der Waals surface area contributed by atoms with E-state index in [-0.39, 0.29) is 23.7 Å². The smallest absolute Gasteiger partial charge is 0.249 e. The normalized spacial score (nSPS) is 12.2. The van der Waals surface area contributed by atoms with Crippen LogP contribution in [0.25, 0.3) is 0 Å². The van der Waals surface area contributed by atoms with Gasteiger partial charge in [0, 0.05) is 11.8 Å². The van der Waals surface area contributed by atoms with E-state index in [1.165, 1.54) is 0 Å². The number of carbonyl (C=O) groups is 1. The van der Waals surface area contributed by atoms with Gasteiger partial charge in [-0.1, -0.05) is 20.8 Å². The van der Waals surface area contributed by atoms with Crippen molar-refractivity contribution in [3.63, 3.8) is 0 Å². The van der Waals surface area contributed by atoms with E-state index in [2.05, 4.69) is 20.5 Å². The average Bonchev–Trinajstić information content (AvgIpc) is 2.37. The highest BCUT2D eigenvalue weighted by Crippen LogP contribution is 2.08. The van der Waals surface area contributed by atoms with Gasteiger partial charge in [0.05, 0.1) is 11.4 Å². The van der Waals surface area contributed by atoms with Crippen LogP contribution in [0.15, 0.2) is 0 Å². The van der Waals surface area contributed by atoms with E-state index < -0.39 is 0 Å². The van der Waals surface area contributed by atoms with Crippen LogP contribution in [-0.2, 0) is 17.6 Å². The molecule has 1 amide bonds. The van der Waals surface area contributed by atoms with Gasteiger partial charge in [-0.3, -0.25) is 10.1 Å². The first kappa shape index (κ1) is 13.8. The third kappa shape index (κ3) is 3.63. The maximum atomic E-state index is 11.6. The SMILES string of the molecule is CCc1nnc(NC(=O)C(C)CCl)nc1CC. The van der Waals surface area contributed by atoms with E-state index in [1.807, 2.05) is 13.8 Å². The number of hydrogen-bond donors (Lipinski definition) is 1. The van der Waals surface area contributed by atoms with Crippen LogP contribution in [0.1, 0.15) is 32.2 Å². The molecule has 0 spiro atoms. The monoisotopic (exact) mass is 256 g/mol. The zero-order valence-corrected chi connectivity index (χ0v) is 11.1. The Balaban J connectivity index is 2.82. The summed E-state index contributed by atoms with van der Waals surface area (Å²) >= 11 is 5.60. The average molecular weight is 257 g/mol. The zero-order valence-electron chi connectivity index (χ0n) is 10.3. The zero-order chi connectivity index (χ0) is 12.8. The number of hydrogen-bond acceptors (Lipinski definition) is 4. The first-order valence-corrected chi connectivity index (χ1v) is 6.25. The fourth-order valence-electron chi connectivity index (χ4n) is 1.29. The quantitative estimate of drug-likeness (QED) is 0.816. The minimum atomic E-state index is -0.267. The fourth-order valence-corrected chi connectivity index (χ4v) is 1.43. The van der Waals surface area contributed by atoms with Crippen molar-refractivity contribution in [2.75, 3.05) is 11.2 Å². The van der Waals surface area contributed by atoms with Gasteiger partial charge in [0.2, 0.25) is 11.9 Å². The molecule has 1 N–H and O–H groups in total. The number of carbonyl (C=O) groups excluding carboxylic acids is 1. The van der Waals surface area contributed by atoms with Crippen LogP contribution >= 0.6 is 11.6 Å². The maximum Gasteiger partial charge on any atom is 0.249 e. The highest BCUT2D eigenvalue weighted by molar-refractivity contribution is 6.19. The number of rotatable bonds is 5. The molecule has 0 radical (unpaired) electrons. The van der Waals surface area contributed by atoms with Gasteiger partial charge in [-0.25, -0.2) is 4.98 Å². The predicted octanol–water partition coefficient (Wildman–Crippen LogP) is 1.81. The van der Waals surface area contributed by atoms with Gasteiger partial charge < -0.3 is 0 Å². The number of anilines is 1. The Morgan fingerprint density at radius 1 is 1.29 bits per heavy atom. The minimum absolute atomic E-state index is 0.187. The number of halogens is 1. The number of nitrogens with zero attached hydrogens (tertiary/aromatic N) is 3. The predicted molar refractivity (Wildman–Crippen MR) is 67.1 cm³/mol. The summed E-state index contributed by atoms with van der Waals surface area (Å²) in [6.45, 7) is 5.74. The van der Waals surface area contributed by atoms with Crippen LogP contribution in [0, 0.1) is 5.92 Å². The van der Waals surface area contributed by atoms with E-state index in [0.29, 0.717) is 0 Å². The molecule has 0 aliphatic heterocycles. The molecule has 1 unspecified atom stereocenters. The molecule has 1 aromatic rings. The van der Waals surface area contributed by atoms with Crippen LogP contribution in [0.2, 0.25) is 0 Å². The lowest BCUT2D eigenvalue weighted by Gasteiger charge is -2.09. The molecule has 0 aliphatic rings. The lowest BCUT2D eigenvalue weighted by Crippen LogP contribution is -2.23. The third-order valence-electron chi connectivity index (χ3n) is 2.42. The first-order chi connectivity index (χ1) is 8.12. The van der Waals surface area contributed by atoms with Crippen LogP contribution < -0.4 is 5.32 Å². The summed E-state index contributed by atoms with van der Waals surface area (Å²) in [4.78, 5) is 15.9. The topological polar surface area (TPSA) is 67.8 Å². The third-order valence-corrected chi connectivity index (χ3v) is 2.89. The Bertz CT molecular complexity index is 397. The van der Waals surface area contributed by atoms with E-state index in [1.54, 1.807) is 6.92 Å². The molecule has 94 valence electrons. The van der Waals surface area contributed by atoms with Gasteiger partial charge in [0.25, 0.3) is 0 Å². The summed E-state index contributed by atoms with van der Waals surface area (Å²) in [6, 6.07) is 0. The van der Waals surface area contributed by atoms with E-state index >= 15 is 0 Å². The van der Waals surface area contributed by atoms with Crippen molar-refractivity contribution < 1.29 is 4.79 Å². The molecule has 5 nitrogen and oxygen atoms in total. The molecular formula is C11H17ClN4O. The highest BCUT2D eigenvalue weighted by atomic mass is 35.5. The van der Waals surface area contributed by atoms with Gasteiger partial charge in [-0.15, -0.1) is 21.8 Å². The molecule has 17 heavy (non-hydrogen) atoms. The van der Waals surface area contributed by atoms with Crippen molar-refractivity contribution in [2.45, 2.75) is 33.6 Å². The van der Waals surface area contributed by atoms with Crippen molar-refractivity contribution in [1.82, 2.24) is 15.2 Å². The van der Waals surface area contributed by atoms with Crippen LogP contribution in [0.5, 0.6) is 0 Å². The largest absolute Gasteiger partial charge is 0.293 e. The summed E-state index contributed by atoms with van der Waals surface area (Å²) < 4.78 is 0. The Morgan fingerprint density at radius 3 is 2.47 bits per heavy atom. The second kappa shape index (κ2) is 6.49. The molecule has 0 saturated heterocycles. The Morgan fingerprint density at radius 2 is 1.94 bits per heavy atom. The molecule has 0 fully saturated rings. The van der Waals surface area contributed by atoms with Gasteiger partial charge in [-0.05, 0) is 12.8 Å². The molecule has 0 saturated carbocycles. The van der Waals surface area contributed by atoms with Crippen molar-refractivity contribution >= 4 is 23.5 Å². The molecule has 0 aromatic carbocycles. The standard InChI is InChI=1S/C11H17ClN4O/c1-4-8-9(5-2)15-16-11(13-8)14-10(17)7(3)6-12/h7H,4-6H2,1-3H3,(H,13,14,16,17). The molecule has 1 heterocycles. The highest BCUT2D eigenvalue weighted by Gasteiger charge is 2.14. The lowest BCUT2D eigenvalue weighted by atomic mass is 10.2. The van der Waals surface area contributed by atoms with Crippen molar-refractivity contribution in [3.8, 4) is 0 Å². The molecule has 1 aromatic heterocycles. The molecule has 1 rings (SSSR count). The Labute approximate surface area is 106 Å². The molecule has 0 aliphatic carbocycles. The number of nitrogens with one attached hydrogen (secondary N) is 1. The van der Waals surface area contributed by atoms with Crippen molar-refractivity contribution in [3.05, 3.63) is 11.4 Å². The summed E-state index contributed by atoms with van der Waals surface area (Å²) in [6.07, 6.45) is 1.56. The van der Waals surface area contributed by atoms with Crippen molar-refractivity contribution in [2.24, 2.45) is 5.92 Å². The number of alkyl halides is 1. The van der Waals surface area contributed by atoms with E-state index in [9.17, 15) is 4.79 Å². The lowest BCUT2D eigenvalue weighted by molar-refractivity contribution is -0.118. The van der Waals surface area contributed by atoms with Gasteiger partial charge in [-0.2, -0.15) is 0 Å². The summed E-state index contributed by atoms with van der Waals surface area (Å²) in [5.41, 5.74) is 1.74. The van der Waals surface area contributed by atoms with Gasteiger partial charge in [0.15, 0.2) is 0 Å². The second-order valence-corrected chi connectivity index (χ2v) is 4.09. The summed E-state index contributed by atoms with van der Waals surface area (Å²) in [5, 5.41) is 10.5. The minimum Gasteiger partial charge on any atom is -0.293 e. The van der Waals surface area contributed by atoms with E-state index in [0.717, 1.165) is 24.2 Å². The number of aromatic nitrogens is 3. The maximum absolute atomic E-state index is 11.6. The Hall–Kier alpha value is -1.23. The molecule has 1 atom stereocenters. The fraction of sp³-hybridized carbons (Fsp3) is 0.636. The van der Waals surface area contributed by atoms with Crippen LogP contribution in [-0.4, -0.2) is 27.0 Å². The first-order valence-electron chi connectivity index (χ1n) is 5.71. The summed E-state index contributed by atoms with van der Waals surface area (Å²) in [7, 11) is 0. The molecule has 6 heteroatoms. The van der Waals surface area contributed by atoms with Gasteiger partial charge >= 0.3 is 0 Å². The van der Waals surface area contributed by atoms with Gasteiger partial charge in [0.1, 0.15) is 0 Å². The van der Waals surface area contributed by atoms with Crippen LogP contribution in [0.4, 0.5) is 5.95 Å². The van der Waals surface area contributed by atoms with Crippen molar-refractivity contribution in [1.29, 1.82) is 0 Å².